The summed E-state index contributed by atoms with van der Waals surface area (Å²) in [5, 5.41) is 3.32. The van der Waals surface area contributed by atoms with Crippen molar-refractivity contribution in [2.45, 2.75) is 39.7 Å². The third-order valence-electron chi connectivity index (χ3n) is 3.45. The first kappa shape index (κ1) is 13.3. The van der Waals surface area contributed by atoms with Gasteiger partial charge in [0, 0.05) is 31.5 Å². The van der Waals surface area contributed by atoms with Crippen molar-refractivity contribution in [2.24, 2.45) is 11.8 Å². The van der Waals surface area contributed by atoms with E-state index in [4.69, 9.17) is 4.74 Å². The van der Waals surface area contributed by atoms with E-state index in [1.165, 1.54) is 6.42 Å². The van der Waals surface area contributed by atoms with Crippen LogP contribution in [0, 0.1) is 18.8 Å². The van der Waals surface area contributed by atoms with Crippen LogP contribution in [0.1, 0.15) is 32.3 Å². The lowest BCUT2D eigenvalue weighted by Crippen LogP contribution is -2.37. The molecule has 1 aliphatic heterocycles. The third kappa shape index (κ3) is 3.42. The Morgan fingerprint density at radius 1 is 1.39 bits per heavy atom. The fourth-order valence-electron chi connectivity index (χ4n) is 2.53. The summed E-state index contributed by atoms with van der Waals surface area (Å²) in [5.74, 6) is 1.84. The average Bonchev–Trinajstić information content (AvgIpc) is 2.38. The van der Waals surface area contributed by atoms with Gasteiger partial charge in [-0.1, -0.05) is 13.8 Å². The number of ether oxygens (including phenoxy) is 1. The summed E-state index contributed by atoms with van der Waals surface area (Å²) in [6, 6.07) is 0. The van der Waals surface area contributed by atoms with E-state index in [2.05, 4.69) is 29.1 Å². The Morgan fingerprint density at radius 2 is 2.11 bits per heavy atom. The molecule has 2 heterocycles. The SMILES string of the molecule is Cc1cnc(NCC2CCCOC2C(C)C)nc1. The van der Waals surface area contributed by atoms with Crippen LogP contribution in [0.15, 0.2) is 12.4 Å². The number of aromatic nitrogens is 2. The molecule has 1 N–H and O–H groups in total. The topological polar surface area (TPSA) is 47.0 Å². The highest BCUT2D eigenvalue weighted by molar-refractivity contribution is 5.24. The molecular weight excluding hydrogens is 226 g/mol. The second-order valence-electron chi connectivity index (χ2n) is 5.45. The molecule has 18 heavy (non-hydrogen) atoms. The zero-order valence-corrected chi connectivity index (χ0v) is 11.5. The summed E-state index contributed by atoms with van der Waals surface area (Å²) in [4.78, 5) is 8.54. The van der Waals surface area contributed by atoms with Crippen molar-refractivity contribution in [3.63, 3.8) is 0 Å². The first-order valence-corrected chi connectivity index (χ1v) is 6.81. The zero-order chi connectivity index (χ0) is 13.0. The van der Waals surface area contributed by atoms with Crippen molar-refractivity contribution in [1.29, 1.82) is 0 Å². The Labute approximate surface area is 109 Å². The van der Waals surface area contributed by atoms with E-state index in [1.807, 2.05) is 19.3 Å². The highest BCUT2D eigenvalue weighted by Crippen LogP contribution is 2.26. The van der Waals surface area contributed by atoms with Gasteiger partial charge in [-0.05, 0) is 31.2 Å². The highest BCUT2D eigenvalue weighted by Gasteiger charge is 2.28. The number of hydrogen-bond donors (Lipinski definition) is 1. The lowest BCUT2D eigenvalue weighted by molar-refractivity contribution is -0.0481. The van der Waals surface area contributed by atoms with Gasteiger partial charge >= 0.3 is 0 Å². The summed E-state index contributed by atoms with van der Waals surface area (Å²) >= 11 is 0. The molecule has 0 aromatic carbocycles. The summed E-state index contributed by atoms with van der Waals surface area (Å²) in [5.41, 5.74) is 1.08. The van der Waals surface area contributed by atoms with Crippen molar-refractivity contribution < 1.29 is 4.74 Å². The Kier molecular flexibility index (Phi) is 4.53. The summed E-state index contributed by atoms with van der Waals surface area (Å²) in [6.45, 7) is 8.25. The lowest BCUT2D eigenvalue weighted by Gasteiger charge is -2.34. The standard InChI is InChI=1S/C14H23N3O/c1-10(2)13-12(5-4-6-18-13)9-17-14-15-7-11(3)8-16-14/h7-8,10,12-13H,4-6,9H2,1-3H3,(H,15,16,17). The number of nitrogens with zero attached hydrogens (tertiary/aromatic N) is 2. The van der Waals surface area contributed by atoms with Gasteiger partial charge < -0.3 is 10.1 Å². The van der Waals surface area contributed by atoms with Gasteiger partial charge in [-0.2, -0.15) is 0 Å². The molecule has 1 aromatic heterocycles. The minimum absolute atomic E-state index is 0.358. The van der Waals surface area contributed by atoms with Crippen LogP contribution in [0.25, 0.3) is 0 Å². The fraction of sp³-hybridized carbons (Fsp3) is 0.714. The Balaban J connectivity index is 1.89. The van der Waals surface area contributed by atoms with Gasteiger partial charge in [0.2, 0.25) is 5.95 Å². The van der Waals surface area contributed by atoms with Gasteiger partial charge in [-0.3, -0.25) is 0 Å². The van der Waals surface area contributed by atoms with Gasteiger partial charge in [0.05, 0.1) is 6.10 Å². The van der Waals surface area contributed by atoms with Crippen molar-refractivity contribution in [2.75, 3.05) is 18.5 Å². The van der Waals surface area contributed by atoms with Gasteiger partial charge in [0.1, 0.15) is 0 Å². The Bertz CT molecular complexity index is 364. The van der Waals surface area contributed by atoms with E-state index >= 15 is 0 Å². The largest absolute Gasteiger partial charge is 0.378 e. The smallest absolute Gasteiger partial charge is 0.222 e. The van der Waals surface area contributed by atoms with Crippen LogP contribution < -0.4 is 5.32 Å². The van der Waals surface area contributed by atoms with E-state index in [0.29, 0.717) is 23.9 Å². The van der Waals surface area contributed by atoms with Crippen LogP contribution in [0.5, 0.6) is 0 Å². The van der Waals surface area contributed by atoms with Crippen LogP contribution in [0.2, 0.25) is 0 Å². The summed E-state index contributed by atoms with van der Waals surface area (Å²) < 4.78 is 5.88. The van der Waals surface area contributed by atoms with Gasteiger partial charge in [0.15, 0.2) is 0 Å². The fourth-order valence-corrected chi connectivity index (χ4v) is 2.53. The normalized spacial score (nSPS) is 24.2. The molecule has 0 saturated carbocycles. The minimum Gasteiger partial charge on any atom is -0.378 e. The summed E-state index contributed by atoms with van der Waals surface area (Å²) in [7, 11) is 0. The van der Waals surface area contributed by atoms with Crippen LogP contribution in [0.3, 0.4) is 0 Å². The molecule has 1 aliphatic rings. The lowest BCUT2D eigenvalue weighted by atomic mass is 9.87. The minimum atomic E-state index is 0.358. The molecule has 100 valence electrons. The first-order valence-electron chi connectivity index (χ1n) is 6.81. The number of rotatable bonds is 4. The molecule has 0 radical (unpaired) electrons. The molecule has 0 spiro atoms. The second kappa shape index (κ2) is 6.14. The molecule has 1 aromatic rings. The second-order valence-corrected chi connectivity index (χ2v) is 5.45. The van der Waals surface area contributed by atoms with E-state index in [0.717, 1.165) is 25.1 Å². The van der Waals surface area contributed by atoms with Gasteiger partial charge in [0.25, 0.3) is 0 Å². The third-order valence-corrected chi connectivity index (χ3v) is 3.45. The van der Waals surface area contributed by atoms with E-state index in [9.17, 15) is 0 Å². The van der Waals surface area contributed by atoms with Gasteiger partial charge in [-0.25, -0.2) is 9.97 Å². The molecule has 4 nitrogen and oxygen atoms in total. The number of nitrogens with one attached hydrogen (secondary N) is 1. The maximum atomic E-state index is 5.88. The van der Waals surface area contributed by atoms with Crippen LogP contribution >= 0.6 is 0 Å². The van der Waals surface area contributed by atoms with E-state index < -0.39 is 0 Å². The van der Waals surface area contributed by atoms with Crippen molar-refractivity contribution >= 4 is 5.95 Å². The maximum absolute atomic E-state index is 5.88. The molecule has 1 fully saturated rings. The summed E-state index contributed by atoms with van der Waals surface area (Å²) in [6.07, 6.45) is 6.42. The number of hydrogen-bond acceptors (Lipinski definition) is 4. The van der Waals surface area contributed by atoms with Crippen LogP contribution in [-0.2, 0) is 4.74 Å². The van der Waals surface area contributed by atoms with Crippen LogP contribution in [0.4, 0.5) is 5.95 Å². The molecule has 2 rings (SSSR count). The molecule has 0 aliphatic carbocycles. The molecule has 4 heteroatoms. The zero-order valence-electron chi connectivity index (χ0n) is 11.5. The van der Waals surface area contributed by atoms with Crippen LogP contribution in [-0.4, -0.2) is 29.2 Å². The van der Waals surface area contributed by atoms with E-state index in [-0.39, 0.29) is 0 Å². The number of anilines is 1. The van der Waals surface area contributed by atoms with Crippen molar-refractivity contribution in [1.82, 2.24) is 9.97 Å². The Hall–Kier alpha value is -1.16. The van der Waals surface area contributed by atoms with Crippen molar-refractivity contribution in [3.8, 4) is 0 Å². The maximum Gasteiger partial charge on any atom is 0.222 e. The first-order chi connectivity index (χ1) is 8.66. The molecule has 0 amide bonds. The monoisotopic (exact) mass is 249 g/mol. The number of aryl methyl sites for hydroxylation is 1. The van der Waals surface area contributed by atoms with Crippen molar-refractivity contribution in [3.05, 3.63) is 18.0 Å². The predicted molar refractivity (Wildman–Crippen MR) is 72.6 cm³/mol. The molecule has 2 unspecified atom stereocenters. The quantitative estimate of drug-likeness (QED) is 0.891. The average molecular weight is 249 g/mol. The predicted octanol–water partition coefficient (Wildman–Crippen LogP) is 2.65. The molecule has 2 atom stereocenters. The Morgan fingerprint density at radius 3 is 2.78 bits per heavy atom. The molecule has 1 saturated heterocycles. The molecule has 0 bridgehead atoms. The van der Waals surface area contributed by atoms with E-state index in [1.54, 1.807) is 0 Å². The van der Waals surface area contributed by atoms with Gasteiger partial charge in [-0.15, -0.1) is 0 Å². The molecular formula is C14H23N3O. The highest BCUT2D eigenvalue weighted by atomic mass is 16.5.